The van der Waals surface area contributed by atoms with Crippen LogP contribution in [0.4, 0.5) is 0 Å². The Labute approximate surface area is 79.0 Å². The molecule has 0 amide bonds. The van der Waals surface area contributed by atoms with E-state index in [1.165, 1.54) is 6.42 Å². The van der Waals surface area contributed by atoms with E-state index in [2.05, 4.69) is 4.90 Å². The highest BCUT2D eigenvalue weighted by Crippen LogP contribution is 2.27. The Morgan fingerprint density at radius 3 is 2.85 bits per heavy atom. The lowest BCUT2D eigenvalue weighted by Gasteiger charge is -2.21. The zero-order valence-corrected chi connectivity index (χ0v) is 8.16. The van der Waals surface area contributed by atoms with Crippen molar-refractivity contribution >= 4 is 5.78 Å². The fraction of sp³-hybridized carbons (Fsp3) is 0.900. The van der Waals surface area contributed by atoms with Gasteiger partial charge in [-0.25, -0.2) is 0 Å². The van der Waals surface area contributed by atoms with Crippen LogP contribution >= 0.6 is 0 Å². The molecule has 0 aromatic rings. The first-order chi connectivity index (χ1) is 6.29. The molecule has 2 aliphatic rings. The van der Waals surface area contributed by atoms with Gasteiger partial charge in [-0.15, -0.1) is 0 Å². The minimum Gasteiger partial charge on any atom is -0.381 e. The number of carbonyl (C=O) groups is 1. The zero-order valence-electron chi connectivity index (χ0n) is 8.16. The van der Waals surface area contributed by atoms with E-state index >= 15 is 0 Å². The van der Waals surface area contributed by atoms with Gasteiger partial charge < -0.3 is 4.74 Å². The van der Waals surface area contributed by atoms with Crippen LogP contribution in [0.5, 0.6) is 0 Å². The maximum absolute atomic E-state index is 11.1. The molecule has 0 spiro atoms. The third-order valence-corrected chi connectivity index (χ3v) is 3.26. The Kier molecular flexibility index (Phi) is 2.65. The number of hydrogen-bond acceptors (Lipinski definition) is 3. The Balaban J connectivity index is 1.85. The monoisotopic (exact) mass is 183 g/mol. The van der Waals surface area contributed by atoms with Gasteiger partial charge in [-0.3, -0.25) is 9.69 Å². The lowest BCUT2D eigenvalue weighted by Crippen LogP contribution is -2.31. The molecule has 1 heterocycles. The minimum atomic E-state index is 0.404. The van der Waals surface area contributed by atoms with Gasteiger partial charge in [0.05, 0.1) is 12.6 Å². The molecule has 1 saturated heterocycles. The van der Waals surface area contributed by atoms with Crippen molar-refractivity contribution in [1.29, 1.82) is 0 Å². The van der Waals surface area contributed by atoms with Crippen molar-refractivity contribution in [1.82, 2.24) is 4.90 Å². The number of methoxy groups -OCH3 is 1. The summed E-state index contributed by atoms with van der Waals surface area (Å²) in [5.74, 6) is 0.404. The van der Waals surface area contributed by atoms with E-state index in [0.717, 1.165) is 25.8 Å². The number of hydrogen-bond donors (Lipinski definition) is 0. The molecule has 1 aliphatic heterocycles. The molecule has 1 aliphatic carbocycles. The number of nitrogens with zero attached hydrogens (tertiary/aromatic N) is 1. The Morgan fingerprint density at radius 2 is 2.31 bits per heavy atom. The van der Waals surface area contributed by atoms with E-state index in [0.29, 0.717) is 24.5 Å². The van der Waals surface area contributed by atoms with Gasteiger partial charge in [-0.1, -0.05) is 0 Å². The molecular weight excluding hydrogens is 166 g/mol. The number of Topliss-reactive ketones (excluding diaryl/α,β-unsaturated/α-hetero) is 1. The zero-order chi connectivity index (χ0) is 9.26. The van der Waals surface area contributed by atoms with Crippen LogP contribution in [-0.4, -0.2) is 43.0 Å². The van der Waals surface area contributed by atoms with Crippen molar-refractivity contribution in [2.24, 2.45) is 0 Å². The molecular formula is C10H17NO2. The summed E-state index contributed by atoms with van der Waals surface area (Å²) in [5, 5.41) is 0. The lowest BCUT2D eigenvalue weighted by atomic mass is 10.2. The van der Waals surface area contributed by atoms with E-state index in [9.17, 15) is 4.79 Å². The highest BCUT2D eigenvalue weighted by Gasteiger charge is 2.32. The number of rotatable bonds is 2. The van der Waals surface area contributed by atoms with Crippen LogP contribution in [-0.2, 0) is 9.53 Å². The Hall–Kier alpha value is -0.410. The third-order valence-electron chi connectivity index (χ3n) is 3.26. The standard InChI is InChI=1S/C10H17NO2/c1-13-10-3-2-8(6-10)11-5-4-9(12)7-11/h8,10H,2-7H2,1H3. The summed E-state index contributed by atoms with van der Waals surface area (Å²) in [6.45, 7) is 1.65. The molecule has 2 fully saturated rings. The van der Waals surface area contributed by atoms with Crippen LogP contribution in [0.15, 0.2) is 0 Å². The summed E-state index contributed by atoms with van der Waals surface area (Å²) in [6.07, 6.45) is 4.66. The molecule has 2 rings (SSSR count). The number of carbonyl (C=O) groups excluding carboxylic acids is 1. The Bertz CT molecular complexity index is 205. The Morgan fingerprint density at radius 1 is 1.46 bits per heavy atom. The van der Waals surface area contributed by atoms with E-state index in [4.69, 9.17) is 4.74 Å². The van der Waals surface area contributed by atoms with Gasteiger partial charge in [-0.05, 0) is 19.3 Å². The normalized spacial score (nSPS) is 35.9. The first-order valence-electron chi connectivity index (χ1n) is 5.08. The van der Waals surface area contributed by atoms with Crippen molar-refractivity contribution in [3.8, 4) is 0 Å². The number of ketones is 1. The van der Waals surface area contributed by atoms with Crippen molar-refractivity contribution < 1.29 is 9.53 Å². The first-order valence-corrected chi connectivity index (χ1v) is 5.08. The van der Waals surface area contributed by atoms with Gasteiger partial charge >= 0.3 is 0 Å². The summed E-state index contributed by atoms with van der Waals surface area (Å²) in [4.78, 5) is 13.4. The van der Waals surface area contributed by atoms with Crippen molar-refractivity contribution in [3.63, 3.8) is 0 Å². The number of ether oxygens (including phenoxy) is 1. The largest absolute Gasteiger partial charge is 0.381 e. The fourth-order valence-electron chi connectivity index (χ4n) is 2.43. The molecule has 13 heavy (non-hydrogen) atoms. The second-order valence-electron chi connectivity index (χ2n) is 4.08. The molecule has 0 bridgehead atoms. The van der Waals surface area contributed by atoms with Crippen molar-refractivity contribution in [2.75, 3.05) is 20.2 Å². The van der Waals surface area contributed by atoms with Gasteiger partial charge in [0.1, 0.15) is 5.78 Å². The molecule has 1 saturated carbocycles. The second-order valence-corrected chi connectivity index (χ2v) is 4.08. The summed E-state index contributed by atoms with van der Waals surface area (Å²) < 4.78 is 5.32. The van der Waals surface area contributed by atoms with Crippen LogP contribution in [0.25, 0.3) is 0 Å². The summed E-state index contributed by atoms with van der Waals surface area (Å²) in [7, 11) is 1.78. The van der Waals surface area contributed by atoms with Crippen LogP contribution in [0, 0.1) is 0 Å². The number of likely N-dealkylation sites (tertiary alicyclic amines) is 1. The van der Waals surface area contributed by atoms with Crippen LogP contribution in [0.1, 0.15) is 25.7 Å². The average Bonchev–Trinajstić information content (AvgIpc) is 2.71. The maximum Gasteiger partial charge on any atom is 0.148 e. The first kappa shape index (κ1) is 9.16. The van der Waals surface area contributed by atoms with E-state index < -0.39 is 0 Å². The van der Waals surface area contributed by atoms with E-state index in [-0.39, 0.29) is 0 Å². The lowest BCUT2D eigenvalue weighted by molar-refractivity contribution is -0.117. The molecule has 3 heteroatoms. The second kappa shape index (κ2) is 3.76. The van der Waals surface area contributed by atoms with Gasteiger partial charge in [0.25, 0.3) is 0 Å². The predicted molar refractivity (Wildman–Crippen MR) is 49.6 cm³/mol. The summed E-state index contributed by atoms with van der Waals surface area (Å²) >= 11 is 0. The molecule has 3 nitrogen and oxygen atoms in total. The van der Waals surface area contributed by atoms with Gasteiger partial charge in [-0.2, -0.15) is 0 Å². The molecule has 74 valence electrons. The van der Waals surface area contributed by atoms with Crippen LogP contribution in [0.3, 0.4) is 0 Å². The highest BCUT2D eigenvalue weighted by molar-refractivity contribution is 5.82. The maximum atomic E-state index is 11.1. The minimum absolute atomic E-state index is 0.404. The quantitative estimate of drug-likeness (QED) is 0.635. The average molecular weight is 183 g/mol. The van der Waals surface area contributed by atoms with Gasteiger partial charge in [0.15, 0.2) is 0 Å². The fourth-order valence-corrected chi connectivity index (χ4v) is 2.43. The predicted octanol–water partition coefficient (Wildman–Crippen LogP) is 0.829. The van der Waals surface area contributed by atoms with E-state index in [1.807, 2.05) is 0 Å². The molecule has 0 aromatic carbocycles. The summed E-state index contributed by atoms with van der Waals surface area (Å²) in [6, 6.07) is 0.608. The van der Waals surface area contributed by atoms with Gasteiger partial charge in [0.2, 0.25) is 0 Å². The smallest absolute Gasteiger partial charge is 0.148 e. The summed E-state index contributed by atoms with van der Waals surface area (Å²) in [5.41, 5.74) is 0. The van der Waals surface area contributed by atoms with Crippen molar-refractivity contribution in [2.45, 2.75) is 37.8 Å². The van der Waals surface area contributed by atoms with Crippen LogP contribution in [0.2, 0.25) is 0 Å². The SMILES string of the molecule is COC1CCC(N2CCC(=O)C2)C1. The topological polar surface area (TPSA) is 29.5 Å². The van der Waals surface area contributed by atoms with Gasteiger partial charge in [0, 0.05) is 26.1 Å². The molecule has 0 radical (unpaired) electrons. The van der Waals surface area contributed by atoms with Crippen molar-refractivity contribution in [3.05, 3.63) is 0 Å². The molecule has 0 N–H and O–H groups in total. The highest BCUT2D eigenvalue weighted by atomic mass is 16.5. The van der Waals surface area contributed by atoms with E-state index in [1.54, 1.807) is 7.11 Å². The molecule has 0 aromatic heterocycles. The molecule has 2 atom stereocenters. The third kappa shape index (κ3) is 1.92. The van der Waals surface area contributed by atoms with Crippen LogP contribution < -0.4 is 0 Å². The molecule has 2 unspecified atom stereocenters.